The van der Waals surface area contributed by atoms with Gasteiger partial charge in [0.1, 0.15) is 0 Å². The maximum absolute atomic E-state index is 12.6. The number of nitrogens with zero attached hydrogens (tertiary/aromatic N) is 1. The first-order valence-corrected chi connectivity index (χ1v) is 6.50. The Morgan fingerprint density at radius 2 is 2.00 bits per heavy atom. The van der Waals surface area contributed by atoms with Crippen molar-refractivity contribution in [1.29, 1.82) is 0 Å². The average Bonchev–Trinajstić information content (AvgIpc) is 2.81. The summed E-state index contributed by atoms with van der Waals surface area (Å²) in [5.74, 6) is -0.184. The Bertz CT molecular complexity index is 332. The molecule has 2 aliphatic heterocycles. The SMILES string of the molecule is O=C(CC1CCCO1)N1CCC(O)(C(F)(F)F)CC1. The second kappa shape index (κ2) is 5.28. The van der Waals surface area contributed by atoms with Gasteiger partial charge in [-0.25, -0.2) is 0 Å². The molecule has 0 aromatic carbocycles. The number of hydrogen-bond donors (Lipinski definition) is 1. The topological polar surface area (TPSA) is 49.8 Å². The predicted octanol–water partition coefficient (Wildman–Crippen LogP) is 1.47. The molecule has 0 radical (unpaired) electrons. The fraction of sp³-hybridized carbons (Fsp3) is 0.917. The molecular formula is C12H18F3NO3. The third-order valence-corrected chi connectivity index (χ3v) is 3.90. The second-order valence-electron chi connectivity index (χ2n) is 5.25. The maximum Gasteiger partial charge on any atom is 0.417 e. The number of halogens is 3. The zero-order valence-electron chi connectivity index (χ0n) is 10.6. The minimum atomic E-state index is -4.63. The van der Waals surface area contributed by atoms with E-state index in [9.17, 15) is 23.1 Å². The molecular weight excluding hydrogens is 263 g/mol. The van der Waals surface area contributed by atoms with Gasteiger partial charge in [0.15, 0.2) is 5.60 Å². The summed E-state index contributed by atoms with van der Waals surface area (Å²) in [5.41, 5.74) is -2.65. The van der Waals surface area contributed by atoms with Gasteiger partial charge in [0.2, 0.25) is 5.91 Å². The molecule has 0 aliphatic carbocycles. The lowest BCUT2D eigenvalue weighted by atomic mass is 9.90. The number of alkyl halides is 3. The molecule has 1 amide bonds. The number of carbonyl (C=O) groups is 1. The largest absolute Gasteiger partial charge is 0.417 e. The molecule has 0 saturated carbocycles. The van der Waals surface area contributed by atoms with Crippen LogP contribution in [0.1, 0.15) is 32.1 Å². The van der Waals surface area contributed by atoms with Crippen molar-refractivity contribution in [3.8, 4) is 0 Å². The van der Waals surface area contributed by atoms with Gasteiger partial charge < -0.3 is 14.7 Å². The monoisotopic (exact) mass is 281 g/mol. The van der Waals surface area contributed by atoms with Gasteiger partial charge in [-0.3, -0.25) is 4.79 Å². The molecule has 2 heterocycles. The molecule has 7 heteroatoms. The fourth-order valence-corrected chi connectivity index (χ4v) is 2.54. The molecule has 0 bridgehead atoms. The number of piperidine rings is 1. The van der Waals surface area contributed by atoms with Crippen LogP contribution in [0.15, 0.2) is 0 Å². The summed E-state index contributed by atoms with van der Waals surface area (Å²) in [6.45, 7) is 0.537. The third-order valence-electron chi connectivity index (χ3n) is 3.90. The molecule has 4 nitrogen and oxygen atoms in total. The zero-order valence-corrected chi connectivity index (χ0v) is 10.6. The van der Waals surface area contributed by atoms with E-state index >= 15 is 0 Å². The summed E-state index contributed by atoms with van der Waals surface area (Å²) >= 11 is 0. The minimum Gasteiger partial charge on any atom is -0.380 e. The number of carbonyl (C=O) groups excluding carboxylic acids is 1. The highest BCUT2D eigenvalue weighted by Crippen LogP contribution is 2.38. The molecule has 2 saturated heterocycles. The molecule has 110 valence electrons. The van der Waals surface area contributed by atoms with Crippen molar-refractivity contribution < 1.29 is 27.8 Å². The first-order chi connectivity index (χ1) is 8.82. The van der Waals surface area contributed by atoms with Crippen molar-refractivity contribution in [1.82, 2.24) is 4.90 Å². The lowest BCUT2D eigenvalue weighted by Gasteiger charge is -2.39. The number of ether oxygens (including phenoxy) is 1. The highest BCUT2D eigenvalue weighted by molar-refractivity contribution is 5.76. The quantitative estimate of drug-likeness (QED) is 0.834. The zero-order chi connectivity index (χ0) is 14.1. The Morgan fingerprint density at radius 3 is 2.47 bits per heavy atom. The van der Waals surface area contributed by atoms with E-state index in [4.69, 9.17) is 4.74 Å². The van der Waals surface area contributed by atoms with Crippen molar-refractivity contribution in [2.75, 3.05) is 19.7 Å². The molecule has 2 aliphatic rings. The van der Waals surface area contributed by atoms with Gasteiger partial charge in [-0.1, -0.05) is 0 Å². The van der Waals surface area contributed by atoms with Crippen molar-refractivity contribution >= 4 is 5.91 Å². The van der Waals surface area contributed by atoms with Gasteiger partial charge in [0.25, 0.3) is 0 Å². The normalized spacial score (nSPS) is 27.6. The summed E-state index contributed by atoms with van der Waals surface area (Å²) in [6.07, 6.45) is -3.66. The molecule has 2 fully saturated rings. The standard InChI is InChI=1S/C12H18F3NO3/c13-12(14,15)11(18)3-5-16(6-4-11)10(17)8-9-2-1-7-19-9/h9,18H,1-8H2. The number of likely N-dealkylation sites (tertiary alicyclic amines) is 1. The Morgan fingerprint density at radius 1 is 1.37 bits per heavy atom. The van der Waals surface area contributed by atoms with E-state index in [0.29, 0.717) is 6.61 Å². The van der Waals surface area contributed by atoms with Crippen LogP contribution in [0.3, 0.4) is 0 Å². The molecule has 0 aromatic heterocycles. The summed E-state index contributed by atoms with van der Waals surface area (Å²) in [5, 5.41) is 9.50. The van der Waals surface area contributed by atoms with Gasteiger partial charge in [-0.05, 0) is 12.8 Å². The summed E-state index contributed by atoms with van der Waals surface area (Å²) < 4.78 is 43.2. The van der Waals surface area contributed by atoms with Crippen LogP contribution >= 0.6 is 0 Å². The fourth-order valence-electron chi connectivity index (χ4n) is 2.54. The second-order valence-corrected chi connectivity index (χ2v) is 5.25. The number of rotatable bonds is 2. The van der Waals surface area contributed by atoms with Crippen LogP contribution < -0.4 is 0 Å². The molecule has 1 unspecified atom stereocenters. The smallest absolute Gasteiger partial charge is 0.380 e. The molecule has 1 atom stereocenters. The van der Waals surface area contributed by atoms with E-state index in [1.54, 1.807) is 0 Å². The third kappa shape index (κ3) is 3.20. The van der Waals surface area contributed by atoms with E-state index in [1.807, 2.05) is 0 Å². The van der Waals surface area contributed by atoms with Crippen molar-refractivity contribution in [2.45, 2.75) is 50.0 Å². The highest BCUT2D eigenvalue weighted by Gasteiger charge is 2.54. The Kier molecular flexibility index (Phi) is 4.06. The summed E-state index contributed by atoms with van der Waals surface area (Å²) in [7, 11) is 0. The van der Waals surface area contributed by atoms with Crippen LogP contribution in [-0.4, -0.2) is 53.5 Å². The van der Waals surface area contributed by atoms with E-state index in [2.05, 4.69) is 0 Å². The summed E-state index contributed by atoms with van der Waals surface area (Å²) in [6, 6.07) is 0. The first kappa shape index (κ1) is 14.6. The maximum atomic E-state index is 12.6. The molecule has 0 aromatic rings. The Hall–Kier alpha value is -0.820. The van der Waals surface area contributed by atoms with Gasteiger partial charge >= 0.3 is 6.18 Å². The van der Waals surface area contributed by atoms with Crippen molar-refractivity contribution in [2.24, 2.45) is 0 Å². The average molecular weight is 281 g/mol. The lowest BCUT2D eigenvalue weighted by Crippen LogP contribution is -2.54. The highest BCUT2D eigenvalue weighted by atomic mass is 19.4. The Balaban J connectivity index is 1.84. The van der Waals surface area contributed by atoms with Gasteiger partial charge in [-0.15, -0.1) is 0 Å². The van der Waals surface area contributed by atoms with Crippen molar-refractivity contribution in [3.63, 3.8) is 0 Å². The van der Waals surface area contributed by atoms with Gasteiger partial charge in [0, 0.05) is 32.5 Å². The van der Waals surface area contributed by atoms with E-state index in [1.165, 1.54) is 4.90 Å². The van der Waals surface area contributed by atoms with Crippen LogP contribution in [0.25, 0.3) is 0 Å². The molecule has 19 heavy (non-hydrogen) atoms. The summed E-state index contributed by atoms with van der Waals surface area (Å²) in [4.78, 5) is 13.3. The number of hydrogen-bond acceptors (Lipinski definition) is 3. The van der Waals surface area contributed by atoms with Crippen LogP contribution in [-0.2, 0) is 9.53 Å². The molecule has 0 spiro atoms. The molecule has 2 rings (SSSR count). The van der Waals surface area contributed by atoms with E-state index in [0.717, 1.165) is 12.8 Å². The van der Waals surface area contributed by atoms with Crippen LogP contribution in [0.2, 0.25) is 0 Å². The number of amides is 1. The predicted molar refractivity (Wildman–Crippen MR) is 60.4 cm³/mol. The molecule has 1 N–H and O–H groups in total. The van der Waals surface area contributed by atoms with Crippen LogP contribution in [0, 0.1) is 0 Å². The van der Waals surface area contributed by atoms with E-state index < -0.39 is 24.6 Å². The number of aliphatic hydroxyl groups is 1. The minimum absolute atomic E-state index is 0.0540. The lowest BCUT2D eigenvalue weighted by molar-refractivity contribution is -0.272. The van der Waals surface area contributed by atoms with Crippen LogP contribution in [0.5, 0.6) is 0 Å². The Labute approximate surface area is 109 Å². The van der Waals surface area contributed by atoms with Gasteiger partial charge in [-0.2, -0.15) is 13.2 Å². The van der Waals surface area contributed by atoms with Crippen molar-refractivity contribution in [3.05, 3.63) is 0 Å². The van der Waals surface area contributed by atoms with E-state index in [-0.39, 0.29) is 31.5 Å². The van der Waals surface area contributed by atoms with Crippen LogP contribution in [0.4, 0.5) is 13.2 Å². The first-order valence-electron chi connectivity index (χ1n) is 6.50. The van der Waals surface area contributed by atoms with Gasteiger partial charge in [0.05, 0.1) is 12.5 Å².